The number of rotatable bonds is 8. The van der Waals surface area contributed by atoms with Gasteiger partial charge in [-0.25, -0.2) is 30.7 Å². The van der Waals surface area contributed by atoms with Crippen molar-refractivity contribution >= 4 is 23.6 Å². The van der Waals surface area contributed by atoms with E-state index in [1.54, 1.807) is 26.5 Å². The van der Waals surface area contributed by atoms with Gasteiger partial charge in [0, 0.05) is 97.4 Å². The first-order chi connectivity index (χ1) is 54.6. The molecular weight excluding hydrogens is 1550 g/mol. The zero-order chi connectivity index (χ0) is 82.3. The number of fused-ring (bicyclic) bond motifs is 4. The summed E-state index contributed by atoms with van der Waals surface area (Å²) in [6.07, 6.45) is -3.75. The van der Waals surface area contributed by atoms with E-state index in [4.69, 9.17) is 0 Å². The molecule has 8 aliphatic rings. The van der Waals surface area contributed by atoms with Gasteiger partial charge in [0.2, 0.25) is 0 Å². The number of H-pyrrole nitrogens is 4. The Morgan fingerprint density at radius 3 is 0.809 bits per heavy atom. The monoisotopic (exact) mass is 1630 g/mol. The van der Waals surface area contributed by atoms with E-state index in [0.717, 1.165) is 184 Å². The molecule has 4 aliphatic heterocycles. The van der Waals surface area contributed by atoms with Crippen LogP contribution in [0.3, 0.4) is 0 Å². The number of aromatic nitrogens is 8. The molecule has 16 rings (SSSR count). The number of hydrogen-bond acceptors (Lipinski definition) is 8. The van der Waals surface area contributed by atoms with E-state index in [1.165, 1.54) is 6.07 Å². The summed E-state index contributed by atoms with van der Waals surface area (Å²) >= 11 is 0. The van der Waals surface area contributed by atoms with Crippen LogP contribution in [0.2, 0.25) is 0 Å². The van der Waals surface area contributed by atoms with Crippen LogP contribution in [0.5, 0.6) is 0 Å². The van der Waals surface area contributed by atoms with Crippen LogP contribution in [-0.4, -0.2) is 136 Å². The molecule has 4 N–H and O–H groups in total. The number of likely N-dealkylation sites (tertiary alicyclic amines) is 4. The fourth-order valence-corrected chi connectivity index (χ4v) is 17.6. The Morgan fingerprint density at radius 1 is 0.313 bits per heavy atom. The van der Waals surface area contributed by atoms with Crippen molar-refractivity contribution < 1.29 is 103 Å². The summed E-state index contributed by atoms with van der Waals surface area (Å²) in [6.45, 7) is 3.68. The van der Waals surface area contributed by atoms with Crippen LogP contribution < -0.4 is 0 Å². The first kappa shape index (κ1) is 83.2. The SMILES string of the molecule is Cc1cc(F)c(C(F)(F)F)c(C2CCN(C(=O)c3n[nH]c4c3CCCC4)CC2)c1.O=C(c1n[nH]c2c1CCC2)N1CCC(c2ccc(F)c(F)c2C(F)(F)F)CC1.O=C(c1n[nH]c2c1CCCC2)N1CCC(c2ccc(F)c(F)c2C(F)(F)F)CC1.O=C(c1n[nH]c2c1CCCC2)N1CCC(c2ccc(F)c(F)c2C(F)(F)F)CC1. The number of benzene rings is 4. The van der Waals surface area contributed by atoms with Gasteiger partial charge in [-0.1, -0.05) is 24.3 Å². The van der Waals surface area contributed by atoms with Gasteiger partial charge < -0.3 is 19.6 Å². The number of carbonyl (C=O) groups is 4. The Kier molecular flexibility index (Phi) is 24.5. The number of amides is 4. The van der Waals surface area contributed by atoms with Crippen LogP contribution in [0.15, 0.2) is 48.5 Å². The number of aryl methyl sites for hydroxylation is 5. The molecule has 0 radical (unpaired) electrons. The van der Waals surface area contributed by atoms with E-state index in [-0.39, 0.29) is 124 Å². The van der Waals surface area contributed by atoms with Crippen molar-refractivity contribution in [2.75, 3.05) is 52.4 Å². The van der Waals surface area contributed by atoms with Crippen molar-refractivity contribution in [3.63, 3.8) is 0 Å². The Labute approximate surface area is 646 Å². The highest BCUT2D eigenvalue weighted by molar-refractivity contribution is 5.96. The first-order valence-corrected chi connectivity index (χ1v) is 38.5. The fraction of sp³-hybridized carbons (Fsp3) is 0.500. The van der Waals surface area contributed by atoms with Gasteiger partial charge in [0.15, 0.2) is 57.7 Å². The number of piperidine rings is 4. The smallest absolute Gasteiger partial charge is 0.337 e. The van der Waals surface area contributed by atoms with E-state index in [9.17, 15) is 103 Å². The number of hydrogen-bond donors (Lipinski definition) is 4. The van der Waals surface area contributed by atoms with Crippen LogP contribution in [0.25, 0.3) is 0 Å². The summed E-state index contributed by atoms with van der Waals surface area (Å²) in [7, 11) is 0. The van der Waals surface area contributed by atoms with E-state index in [2.05, 4.69) is 40.8 Å². The van der Waals surface area contributed by atoms with Gasteiger partial charge in [-0.05, 0) is 230 Å². The van der Waals surface area contributed by atoms with E-state index in [1.807, 2.05) is 0 Å². The molecule has 16 nitrogen and oxygen atoms in total. The van der Waals surface area contributed by atoms with Crippen LogP contribution in [0.4, 0.5) is 83.4 Å². The van der Waals surface area contributed by atoms with Gasteiger partial charge >= 0.3 is 24.7 Å². The zero-order valence-corrected chi connectivity index (χ0v) is 62.2. The summed E-state index contributed by atoms with van der Waals surface area (Å²) in [5, 5.41) is 28.3. The summed E-state index contributed by atoms with van der Waals surface area (Å²) < 4.78 is 256. The summed E-state index contributed by atoms with van der Waals surface area (Å²) in [5.74, 6) is -14.5. The number of nitrogens with one attached hydrogen (secondary N) is 4. The number of carbonyl (C=O) groups excluding carboxylic acids is 4. The predicted octanol–water partition coefficient (Wildman–Crippen LogP) is 18.2. The number of nitrogens with zero attached hydrogens (tertiary/aromatic N) is 8. The van der Waals surface area contributed by atoms with Gasteiger partial charge in [0.1, 0.15) is 5.82 Å². The lowest BCUT2D eigenvalue weighted by Gasteiger charge is -2.33. The molecule has 4 amide bonds. The normalized spacial score (nSPS) is 18.0. The lowest BCUT2D eigenvalue weighted by atomic mass is 9.85. The van der Waals surface area contributed by atoms with Crippen molar-refractivity contribution in [3.8, 4) is 0 Å². The minimum Gasteiger partial charge on any atom is -0.337 e. The summed E-state index contributed by atoms with van der Waals surface area (Å²) in [6, 6.07) is 7.56. The molecule has 8 aromatic rings. The molecule has 0 unspecified atom stereocenters. The van der Waals surface area contributed by atoms with Gasteiger partial charge in [-0.2, -0.15) is 73.1 Å². The average Bonchev–Trinajstić information content (AvgIpc) is 1.38. The minimum atomic E-state index is -4.98. The minimum absolute atomic E-state index is 0.000697. The second-order valence-corrected chi connectivity index (χ2v) is 30.5. The van der Waals surface area contributed by atoms with Gasteiger partial charge in [0.25, 0.3) is 23.6 Å². The quantitative estimate of drug-likeness (QED) is 0.108. The number of halogens is 19. The van der Waals surface area contributed by atoms with Crippen molar-refractivity contribution in [3.05, 3.63) is 207 Å². The van der Waals surface area contributed by atoms with Crippen molar-refractivity contribution in [2.45, 2.75) is 203 Å². The molecule has 0 saturated carbocycles. The lowest BCUT2D eigenvalue weighted by molar-refractivity contribution is -0.142. The Hall–Kier alpha value is -9.73. The maximum Gasteiger partial charge on any atom is 0.419 e. The first-order valence-electron chi connectivity index (χ1n) is 38.5. The third-order valence-corrected chi connectivity index (χ3v) is 23.5. The molecule has 4 aromatic carbocycles. The molecule has 115 heavy (non-hydrogen) atoms. The molecule has 8 heterocycles. The van der Waals surface area contributed by atoms with Crippen LogP contribution in [0, 0.1) is 47.6 Å². The van der Waals surface area contributed by atoms with E-state index < -0.39 is 111 Å². The summed E-state index contributed by atoms with van der Waals surface area (Å²) in [5.41, 5.74) is 3.24. The van der Waals surface area contributed by atoms with Crippen LogP contribution >= 0.6 is 0 Å². The topological polar surface area (TPSA) is 196 Å². The molecule has 4 aromatic heterocycles. The highest BCUT2D eigenvalue weighted by Gasteiger charge is 2.46. The number of alkyl halides is 12. The Balaban J connectivity index is 0.000000134. The summed E-state index contributed by atoms with van der Waals surface area (Å²) in [4.78, 5) is 57.7. The molecule has 4 saturated heterocycles. The molecule has 0 atom stereocenters. The third kappa shape index (κ3) is 17.7. The second kappa shape index (κ2) is 33.8. The van der Waals surface area contributed by atoms with Crippen molar-refractivity contribution in [1.82, 2.24) is 60.4 Å². The maximum atomic E-state index is 14.1. The fourth-order valence-electron chi connectivity index (χ4n) is 17.6. The maximum absolute atomic E-state index is 14.1. The molecule has 4 fully saturated rings. The lowest BCUT2D eigenvalue weighted by Crippen LogP contribution is -2.39. The van der Waals surface area contributed by atoms with Crippen LogP contribution in [0.1, 0.15) is 257 Å². The molecule has 4 aliphatic carbocycles. The Bertz CT molecular complexity index is 4760. The average molecular weight is 1640 g/mol. The van der Waals surface area contributed by atoms with E-state index >= 15 is 0 Å². The number of aromatic amines is 4. The van der Waals surface area contributed by atoms with Crippen molar-refractivity contribution in [2.24, 2.45) is 0 Å². The molecule has 618 valence electrons. The highest BCUT2D eigenvalue weighted by Crippen LogP contribution is 2.47. The largest absolute Gasteiger partial charge is 0.419 e. The second-order valence-electron chi connectivity index (χ2n) is 30.5. The standard InChI is InChI=1S/C21H23F4N3O.2C20H20F5N3O.C19H18F5N3O/c1-12-10-15(18(16(22)11-12)21(23,24)25)13-6-8-28(9-7-13)20(29)19-14-4-2-3-5-17(14)26-27-19;2*21-14-6-5-12(16(17(14)22)20(23,24)25)11-7-9-28(10-8-11)19(29)18-13-3-1-2-4-15(13)26-27-18;20-13-5-4-11(15(16(13)21)19(22,23)24)10-6-8-27(9-7-10)18(28)17-12-2-1-3-14(12)25-26-17/h10-11,13H,2-9H2,1H3,(H,26,27);2*5-6,11H,1-4,7-10H2,(H,26,27);4-5,10H,1-3,6-9H2,(H,25,26). The highest BCUT2D eigenvalue weighted by atomic mass is 19.4. The Morgan fingerprint density at radius 2 is 0.548 bits per heavy atom. The van der Waals surface area contributed by atoms with Crippen LogP contribution in [-0.2, 0) is 76.1 Å². The predicted molar refractivity (Wildman–Crippen MR) is 378 cm³/mol. The molecule has 35 heteroatoms. The van der Waals surface area contributed by atoms with Gasteiger partial charge in [0.05, 0.1) is 22.3 Å². The zero-order valence-electron chi connectivity index (χ0n) is 62.2. The van der Waals surface area contributed by atoms with Gasteiger partial charge in [-0.15, -0.1) is 0 Å². The van der Waals surface area contributed by atoms with Crippen molar-refractivity contribution in [1.29, 1.82) is 0 Å². The third-order valence-electron chi connectivity index (χ3n) is 23.5. The van der Waals surface area contributed by atoms with E-state index in [0.29, 0.717) is 54.3 Å². The molecule has 0 bridgehead atoms. The molecular formula is C80H81F19N12O4. The van der Waals surface area contributed by atoms with Gasteiger partial charge in [-0.3, -0.25) is 39.6 Å². The molecule has 0 spiro atoms.